The van der Waals surface area contributed by atoms with Crippen LogP contribution in [-0.4, -0.2) is 11.5 Å². The average molecular weight is 222 g/mol. The molecule has 0 bridgehead atoms. The van der Waals surface area contributed by atoms with Gasteiger partial charge in [-0.1, -0.05) is 0 Å². The summed E-state index contributed by atoms with van der Waals surface area (Å²) in [5, 5.41) is 1.13. The van der Waals surface area contributed by atoms with Crippen LogP contribution in [0.25, 0.3) is 10.6 Å². The maximum Gasteiger partial charge on any atom is 0.145 e. The summed E-state index contributed by atoms with van der Waals surface area (Å²) in [7, 11) is 0. The maximum atomic E-state index is 5.53. The van der Waals surface area contributed by atoms with Crippen molar-refractivity contribution in [3.63, 3.8) is 0 Å². The highest BCUT2D eigenvalue weighted by molar-refractivity contribution is 7.15. The Hall–Kier alpha value is -1.13. The van der Waals surface area contributed by atoms with E-state index in [1.165, 1.54) is 0 Å². The van der Waals surface area contributed by atoms with Gasteiger partial charge < -0.3 is 10.2 Å². The van der Waals surface area contributed by atoms with Gasteiger partial charge in [-0.3, -0.25) is 0 Å². The van der Waals surface area contributed by atoms with E-state index in [9.17, 15) is 0 Å². The molecule has 0 spiro atoms. The summed E-state index contributed by atoms with van der Waals surface area (Å²) in [5.74, 6) is 1.84. The minimum atomic E-state index is 0.717. The van der Waals surface area contributed by atoms with Crippen LogP contribution in [0.2, 0.25) is 0 Å². The van der Waals surface area contributed by atoms with E-state index in [-0.39, 0.29) is 0 Å². The molecule has 2 heterocycles. The van der Waals surface area contributed by atoms with Gasteiger partial charge in [0.2, 0.25) is 0 Å². The van der Waals surface area contributed by atoms with Crippen LogP contribution in [0, 0.1) is 6.92 Å². The van der Waals surface area contributed by atoms with Gasteiger partial charge in [-0.05, 0) is 32.0 Å². The van der Waals surface area contributed by atoms with Gasteiger partial charge in [-0.2, -0.15) is 0 Å². The van der Waals surface area contributed by atoms with Gasteiger partial charge in [-0.25, -0.2) is 4.98 Å². The zero-order chi connectivity index (χ0) is 10.7. The molecule has 0 amide bonds. The first-order chi connectivity index (χ1) is 7.29. The van der Waals surface area contributed by atoms with Crippen molar-refractivity contribution in [1.29, 1.82) is 0 Å². The summed E-state index contributed by atoms with van der Waals surface area (Å²) in [5.41, 5.74) is 5.46. The summed E-state index contributed by atoms with van der Waals surface area (Å²) in [4.78, 5) is 5.44. The minimum Gasteiger partial charge on any atom is -0.460 e. The van der Waals surface area contributed by atoms with Crippen LogP contribution in [0.4, 0.5) is 0 Å². The molecule has 0 atom stereocenters. The van der Waals surface area contributed by atoms with E-state index < -0.39 is 0 Å². The first-order valence-corrected chi connectivity index (χ1v) is 5.83. The molecule has 0 unspecified atom stereocenters. The van der Waals surface area contributed by atoms with Gasteiger partial charge in [0.1, 0.15) is 11.5 Å². The van der Waals surface area contributed by atoms with Gasteiger partial charge in [0.25, 0.3) is 0 Å². The van der Waals surface area contributed by atoms with Crippen LogP contribution < -0.4 is 5.73 Å². The molecule has 0 saturated carbocycles. The number of thiazole rings is 1. The van der Waals surface area contributed by atoms with Crippen LogP contribution in [0.15, 0.2) is 22.7 Å². The Morgan fingerprint density at radius 1 is 1.47 bits per heavy atom. The predicted molar refractivity (Wildman–Crippen MR) is 61.9 cm³/mol. The normalized spacial score (nSPS) is 10.8. The van der Waals surface area contributed by atoms with Crippen molar-refractivity contribution >= 4 is 11.3 Å². The molecule has 0 radical (unpaired) electrons. The second-order valence-corrected chi connectivity index (χ2v) is 4.54. The fourth-order valence-corrected chi connectivity index (χ4v) is 2.28. The standard InChI is InChI=1S/C11H14N2OS/c1-8-4-5-9(14-8)10-7-13-11(15-10)3-2-6-12/h4-5,7H,2-3,6,12H2,1H3. The van der Waals surface area contributed by atoms with Crippen molar-refractivity contribution in [2.75, 3.05) is 6.54 Å². The average Bonchev–Trinajstić information content (AvgIpc) is 2.83. The van der Waals surface area contributed by atoms with Crippen LogP contribution in [-0.2, 0) is 6.42 Å². The molecule has 0 aromatic carbocycles. The molecule has 3 nitrogen and oxygen atoms in total. The lowest BCUT2D eigenvalue weighted by Gasteiger charge is -1.91. The summed E-state index contributed by atoms with van der Waals surface area (Å²) in [6.45, 7) is 2.66. The summed E-state index contributed by atoms with van der Waals surface area (Å²) in [6, 6.07) is 3.95. The Kier molecular flexibility index (Phi) is 3.18. The summed E-state index contributed by atoms with van der Waals surface area (Å²) >= 11 is 1.68. The van der Waals surface area contributed by atoms with Crippen LogP contribution in [0.5, 0.6) is 0 Å². The fourth-order valence-electron chi connectivity index (χ4n) is 1.36. The van der Waals surface area contributed by atoms with Crippen molar-refractivity contribution in [2.45, 2.75) is 19.8 Å². The molecule has 15 heavy (non-hydrogen) atoms. The van der Waals surface area contributed by atoms with Gasteiger partial charge in [0, 0.05) is 12.6 Å². The number of nitrogens with zero attached hydrogens (tertiary/aromatic N) is 1. The van der Waals surface area contributed by atoms with Crippen LogP contribution in [0.1, 0.15) is 17.2 Å². The van der Waals surface area contributed by atoms with Gasteiger partial charge in [0.05, 0.1) is 9.88 Å². The van der Waals surface area contributed by atoms with Gasteiger partial charge >= 0.3 is 0 Å². The number of rotatable bonds is 4. The minimum absolute atomic E-state index is 0.717. The molecular formula is C11H14N2OS. The SMILES string of the molecule is Cc1ccc(-c2cnc(CCCN)s2)o1. The van der Waals surface area contributed by atoms with E-state index in [0.717, 1.165) is 40.8 Å². The predicted octanol–water partition coefficient (Wildman–Crippen LogP) is 2.60. The van der Waals surface area contributed by atoms with Crippen LogP contribution >= 0.6 is 11.3 Å². The zero-order valence-electron chi connectivity index (χ0n) is 8.69. The molecule has 2 aromatic rings. The van der Waals surface area contributed by atoms with Gasteiger partial charge in [0.15, 0.2) is 0 Å². The van der Waals surface area contributed by atoms with E-state index in [1.807, 2.05) is 25.3 Å². The lowest BCUT2D eigenvalue weighted by atomic mass is 10.3. The number of nitrogens with two attached hydrogens (primary N) is 1. The highest BCUT2D eigenvalue weighted by Gasteiger charge is 2.07. The topological polar surface area (TPSA) is 52.0 Å². The molecule has 0 aliphatic carbocycles. The van der Waals surface area contributed by atoms with E-state index in [2.05, 4.69) is 4.98 Å². The van der Waals surface area contributed by atoms with Crippen molar-refractivity contribution in [3.05, 3.63) is 29.1 Å². The number of aryl methyl sites for hydroxylation is 2. The molecule has 4 heteroatoms. The van der Waals surface area contributed by atoms with E-state index in [0.29, 0.717) is 0 Å². The van der Waals surface area contributed by atoms with Crippen molar-refractivity contribution in [3.8, 4) is 10.6 Å². The Labute approximate surface area is 92.9 Å². The molecule has 2 aromatic heterocycles. The second kappa shape index (κ2) is 4.59. The monoisotopic (exact) mass is 222 g/mol. The summed E-state index contributed by atoms with van der Waals surface area (Å²) < 4.78 is 5.53. The van der Waals surface area contributed by atoms with Crippen molar-refractivity contribution < 1.29 is 4.42 Å². The Balaban J connectivity index is 2.13. The van der Waals surface area contributed by atoms with Crippen molar-refractivity contribution in [1.82, 2.24) is 4.98 Å². The molecule has 2 N–H and O–H groups in total. The number of aromatic nitrogens is 1. The van der Waals surface area contributed by atoms with Gasteiger partial charge in [-0.15, -0.1) is 11.3 Å². The maximum absolute atomic E-state index is 5.53. The zero-order valence-corrected chi connectivity index (χ0v) is 9.51. The molecule has 0 aliphatic heterocycles. The Bertz CT molecular complexity index is 433. The van der Waals surface area contributed by atoms with Crippen molar-refractivity contribution in [2.24, 2.45) is 5.73 Å². The highest BCUT2D eigenvalue weighted by atomic mass is 32.1. The first kappa shape index (κ1) is 10.4. The van der Waals surface area contributed by atoms with Crippen LogP contribution in [0.3, 0.4) is 0 Å². The third kappa shape index (κ3) is 2.46. The number of hydrogen-bond acceptors (Lipinski definition) is 4. The molecule has 80 valence electrons. The Morgan fingerprint density at radius 3 is 3.00 bits per heavy atom. The molecule has 0 aliphatic rings. The first-order valence-electron chi connectivity index (χ1n) is 5.01. The lowest BCUT2D eigenvalue weighted by molar-refractivity contribution is 0.549. The molecule has 0 saturated heterocycles. The third-order valence-corrected chi connectivity index (χ3v) is 3.20. The largest absolute Gasteiger partial charge is 0.460 e. The van der Waals surface area contributed by atoms with E-state index >= 15 is 0 Å². The molecule has 2 rings (SSSR count). The highest BCUT2D eigenvalue weighted by Crippen LogP contribution is 2.28. The smallest absolute Gasteiger partial charge is 0.145 e. The van der Waals surface area contributed by atoms with E-state index in [4.69, 9.17) is 10.2 Å². The molecule has 0 fully saturated rings. The third-order valence-electron chi connectivity index (χ3n) is 2.13. The fraction of sp³-hybridized carbons (Fsp3) is 0.364. The lowest BCUT2D eigenvalue weighted by Crippen LogP contribution is -1.99. The number of hydrogen-bond donors (Lipinski definition) is 1. The number of furan rings is 1. The molecular weight excluding hydrogens is 208 g/mol. The van der Waals surface area contributed by atoms with E-state index in [1.54, 1.807) is 11.3 Å². The quantitative estimate of drug-likeness (QED) is 0.865. The second-order valence-electron chi connectivity index (χ2n) is 3.42. The Morgan fingerprint density at radius 2 is 2.33 bits per heavy atom. The summed E-state index contributed by atoms with van der Waals surface area (Å²) in [6.07, 6.45) is 3.82.